The van der Waals surface area contributed by atoms with Gasteiger partial charge in [0.05, 0.1) is 23.7 Å². The number of thioether (sulfide) groups is 3. The van der Waals surface area contributed by atoms with Crippen LogP contribution in [-0.2, 0) is 20.0 Å². The number of carbonyl (C=O) groups is 1. The summed E-state index contributed by atoms with van der Waals surface area (Å²) in [5.74, 6) is 7.41. The van der Waals surface area contributed by atoms with Crippen LogP contribution in [0.15, 0.2) is 41.3 Å². The molecule has 6 heteroatoms. The van der Waals surface area contributed by atoms with Crippen molar-refractivity contribution < 1.29 is 14.3 Å². The first-order chi connectivity index (χ1) is 14.5. The van der Waals surface area contributed by atoms with Crippen LogP contribution in [-0.4, -0.2) is 38.0 Å². The Hall–Kier alpha value is -1.68. The van der Waals surface area contributed by atoms with E-state index in [0.717, 1.165) is 40.4 Å². The van der Waals surface area contributed by atoms with Gasteiger partial charge in [-0.2, -0.15) is 0 Å². The number of esters is 1. The van der Waals surface area contributed by atoms with Gasteiger partial charge in [0.2, 0.25) is 0 Å². The molecule has 0 amide bonds. The van der Waals surface area contributed by atoms with Gasteiger partial charge in [-0.3, -0.25) is 4.79 Å². The zero-order valence-corrected chi connectivity index (χ0v) is 20.2. The van der Waals surface area contributed by atoms with E-state index in [2.05, 4.69) is 42.7 Å². The molecule has 0 saturated heterocycles. The Morgan fingerprint density at radius 3 is 2.50 bits per heavy atom. The van der Waals surface area contributed by atoms with Gasteiger partial charge in [0.15, 0.2) is 0 Å². The quantitative estimate of drug-likeness (QED) is 0.244. The molecule has 0 saturated carbocycles. The molecular formula is C24H26O3S3. The monoisotopic (exact) mass is 458 g/mol. The van der Waals surface area contributed by atoms with Crippen LogP contribution in [0.4, 0.5) is 0 Å². The second-order valence-electron chi connectivity index (χ2n) is 6.74. The molecule has 0 spiro atoms. The molecule has 1 aliphatic heterocycles. The van der Waals surface area contributed by atoms with Crippen LogP contribution in [0.1, 0.15) is 35.6 Å². The number of fused-ring (bicyclic) bond motifs is 1. The predicted octanol–water partition coefficient (Wildman–Crippen LogP) is 5.58. The Balaban J connectivity index is 1.89. The maximum absolute atomic E-state index is 11.6. The summed E-state index contributed by atoms with van der Waals surface area (Å²) >= 11 is 5.43. The molecule has 1 aliphatic rings. The average Bonchev–Trinajstić information content (AvgIpc) is 2.77. The van der Waals surface area contributed by atoms with Crippen molar-refractivity contribution in [2.24, 2.45) is 0 Å². The maximum Gasteiger partial charge on any atom is 0.310 e. The summed E-state index contributed by atoms with van der Waals surface area (Å²) in [7, 11) is 0. The van der Waals surface area contributed by atoms with Crippen molar-refractivity contribution in [3.63, 3.8) is 0 Å². The zero-order chi connectivity index (χ0) is 21.6. The van der Waals surface area contributed by atoms with Crippen LogP contribution in [0.2, 0.25) is 0 Å². The highest BCUT2D eigenvalue weighted by molar-refractivity contribution is 8.16. The maximum atomic E-state index is 11.6. The Bertz CT molecular complexity index is 954. The van der Waals surface area contributed by atoms with E-state index < -0.39 is 0 Å². The molecule has 2 aromatic carbocycles. The van der Waals surface area contributed by atoms with Gasteiger partial charge in [0, 0.05) is 28.0 Å². The van der Waals surface area contributed by atoms with Crippen molar-refractivity contribution in [1.82, 2.24) is 0 Å². The number of carbonyl (C=O) groups excluding carboxylic acids is 1. The molecule has 30 heavy (non-hydrogen) atoms. The summed E-state index contributed by atoms with van der Waals surface area (Å²) in [6.07, 6.45) is 7.66. The standard InChI is InChI=1S/C24H26O3S3/c1-5-26-23(25)14-18-8-6-17(7-9-18)10-11-19-15-20-21(16-22(19)28-2)27-13-12-24(20,29-3)30-4/h6-9,15-16H,5,12-14H2,1-4H3. The highest BCUT2D eigenvalue weighted by Crippen LogP contribution is 2.53. The molecule has 3 rings (SSSR count). The molecule has 1 heterocycles. The van der Waals surface area contributed by atoms with Gasteiger partial charge in [-0.25, -0.2) is 0 Å². The van der Waals surface area contributed by atoms with E-state index in [1.165, 1.54) is 5.56 Å². The van der Waals surface area contributed by atoms with Gasteiger partial charge in [-0.05, 0) is 55.5 Å². The summed E-state index contributed by atoms with van der Waals surface area (Å²) in [5.41, 5.74) is 4.10. The van der Waals surface area contributed by atoms with E-state index in [-0.39, 0.29) is 16.5 Å². The average molecular weight is 459 g/mol. The number of ether oxygens (including phenoxy) is 2. The van der Waals surface area contributed by atoms with Crippen molar-refractivity contribution in [2.75, 3.05) is 32.0 Å². The molecule has 0 atom stereocenters. The number of hydrogen-bond acceptors (Lipinski definition) is 6. The van der Waals surface area contributed by atoms with Gasteiger partial charge in [0.1, 0.15) is 5.75 Å². The van der Waals surface area contributed by atoms with E-state index in [1.807, 2.05) is 54.7 Å². The molecule has 3 nitrogen and oxygen atoms in total. The second kappa shape index (κ2) is 10.6. The fourth-order valence-corrected chi connectivity index (χ4v) is 5.96. The SMILES string of the molecule is CCOC(=O)Cc1ccc(C#Cc2cc3c(cc2SC)OCCC3(SC)SC)cc1. The van der Waals surface area contributed by atoms with E-state index in [9.17, 15) is 4.79 Å². The van der Waals surface area contributed by atoms with Gasteiger partial charge in [-0.15, -0.1) is 35.3 Å². The fraction of sp³-hybridized carbons (Fsp3) is 0.375. The predicted molar refractivity (Wildman–Crippen MR) is 130 cm³/mol. The summed E-state index contributed by atoms with van der Waals surface area (Å²) in [6, 6.07) is 12.1. The van der Waals surface area contributed by atoms with Crippen LogP contribution in [0.3, 0.4) is 0 Å². The lowest BCUT2D eigenvalue weighted by atomic mass is 10.0. The number of hydrogen-bond donors (Lipinski definition) is 0. The highest BCUT2D eigenvalue weighted by Gasteiger charge is 2.37. The van der Waals surface area contributed by atoms with E-state index >= 15 is 0 Å². The second-order valence-corrected chi connectivity index (χ2v) is 10.1. The van der Waals surface area contributed by atoms with E-state index in [0.29, 0.717) is 6.61 Å². The Morgan fingerprint density at radius 2 is 1.87 bits per heavy atom. The minimum atomic E-state index is -0.205. The molecule has 0 aliphatic carbocycles. The molecule has 0 fully saturated rings. The summed E-state index contributed by atoms with van der Waals surface area (Å²) < 4.78 is 11.0. The van der Waals surface area contributed by atoms with Gasteiger partial charge in [-0.1, -0.05) is 24.0 Å². The van der Waals surface area contributed by atoms with E-state index in [1.54, 1.807) is 11.8 Å². The van der Waals surface area contributed by atoms with Crippen molar-refractivity contribution in [1.29, 1.82) is 0 Å². The van der Waals surface area contributed by atoms with Crippen molar-refractivity contribution >= 4 is 41.3 Å². The van der Waals surface area contributed by atoms with Crippen LogP contribution < -0.4 is 4.74 Å². The Labute approximate surface area is 192 Å². The Morgan fingerprint density at radius 1 is 1.13 bits per heavy atom. The normalized spacial score (nSPS) is 14.1. The molecule has 0 aromatic heterocycles. The third-order valence-electron chi connectivity index (χ3n) is 5.01. The Kier molecular flexibility index (Phi) is 8.10. The third kappa shape index (κ3) is 5.14. The van der Waals surface area contributed by atoms with E-state index in [4.69, 9.17) is 9.47 Å². The molecule has 2 aromatic rings. The third-order valence-corrected chi connectivity index (χ3v) is 8.95. The lowest BCUT2D eigenvalue weighted by Crippen LogP contribution is -2.26. The lowest BCUT2D eigenvalue weighted by molar-refractivity contribution is -0.142. The first-order valence-electron chi connectivity index (χ1n) is 9.77. The molecule has 0 radical (unpaired) electrons. The zero-order valence-electron chi connectivity index (χ0n) is 17.7. The molecule has 0 bridgehead atoms. The molecule has 0 unspecified atom stereocenters. The van der Waals surface area contributed by atoms with Gasteiger partial charge in [0.25, 0.3) is 0 Å². The topological polar surface area (TPSA) is 35.5 Å². The van der Waals surface area contributed by atoms with Crippen LogP contribution >= 0.6 is 35.3 Å². The van der Waals surface area contributed by atoms with Crippen LogP contribution in [0.5, 0.6) is 5.75 Å². The minimum absolute atomic E-state index is 0.00962. The first kappa shape index (κ1) is 23.0. The number of rotatable bonds is 6. The van der Waals surface area contributed by atoms with Gasteiger partial charge >= 0.3 is 5.97 Å². The van der Waals surface area contributed by atoms with Crippen molar-refractivity contribution in [3.05, 3.63) is 58.7 Å². The minimum Gasteiger partial charge on any atom is -0.493 e. The summed E-state index contributed by atoms with van der Waals surface area (Å²) in [5, 5.41) is 0. The summed E-state index contributed by atoms with van der Waals surface area (Å²) in [4.78, 5) is 12.8. The largest absolute Gasteiger partial charge is 0.493 e. The van der Waals surface area contributed by atoms with Crippen molar-refractivity contribution in [3.8, 4) is 17.6 Å². The van der Waals surface area contributed by atoms with Crippen LogP contribution in [0.25, 0.3) is 0 Å². The van der Waals surface area contributed by atoms with Crippen LogP contribution in [0, 0.1) is 11.8 Å². The smallest absolute Gasteiger partial charge is 0.310 e. The van der Waals surface area contributed by atoms with Gasteiger partial charge < -0.3 is 9.47 Å². The highest BCUT2D eigenvalue weighted by atomic mass is 32.2. The van der Waals surface area contributed by atoms with Crippen molar-refractivity contribution in [2.45, 2.75) is 28.7 Å². The number of benzene rings is 2. The first-order valence-corrected chi connectivity index (χ1v) is 13.4. The lowest BCUT2D eigenvalue weighted by Gasteiger charge is -2.36. The molecular weight excluding hydrogens is 432 g/mol. The summed E-state index contributed by atoms with van der Waals surface area (Å²) in [6.45, 7) is 2.96. The fourth-order valence-electron chi connectivity index (χ4n) is 3.41. The molecule has 158 valence electrons. The molecule has 0 N–H and O–H groups in total.